The highest BCUT2D eigenvalue weighted by Crippen LogP contribution is 2.21. The van der Waals surface area contributed by atoms with Crippen LogP contribution in [0.4, 0.5) is 5.69 Å². The molecule has 1 aliphatic carbocycles. The summed E-state index contributed by atoms with van der Waals surface area (Å²) in [6.07, 6.45) is 3.03. The molecule has 6 nitrogen and oxygen atoms in total. The molecular weight excluding hydrogens is 292 g/mol. The monoisotopic (exact) mass is 314 g/mol. The maximum atomic E-state index is 12.3. The van der Waals surface area contributed by atoms with Gasteiger partial charge in [-0.15, -0.1) is 0 Å². The second-order valence-electron chi connectivity index (χ2n) is 5.35. The molecule has 21 heavy (non-hydrogen) atoms. The molecule has 1 aliphatic rings. The van der Waals surface area contributed by atoms with Gasteiger partial charge in [0.25, 0.3) is 0 Å². The minimum atomic E-state index is -3.51. The maximum absolute atomic E-state index is 12.3. The summed E-state index contributed by atoms with van der Waals surface area (Å²) in [5.74, 6) is 0. The Morgan fingerprint density at radius 2 is 2.00 bits per heavy atom. The van der Waals surface area contributed by atoms with Gasteiger partial charge in [0.2, 0.25) is 10.0 Å². The molecule has 7 heteroatoms. The number of nitrogens with one attached hydrogen (secondary N) is 2. The summed E-state index contributed by atoms with van der Waals surface area (Å²) in [7, 11) is -3.51. The summed E-state index contributed by atoms with van der Waals surface area (Å²) in [6, 6.07) is 6.48. The van der Waals surface area contributed by atoms with Gasteiger partial charge in [0.1, 0.15) is 0 Å². The van der Waals surface area contributed by atoms with E-state index in [1.165, 1.54) is 6.07 Å². The first-order valence-corrected chi connectivity index (χ1v) is 8.65. The Balaban J connectivity index is 2.04. The van der Waals surface area contributed by atoms with Crippen LogP contribution in [0.3, 0.4) is 0 Å². The first kappa shape index (κ1) is 16.2. The Bertz CT molecular complexity index is 556. The van der Waals surface area contributed by atoms with E-state index in [9.17, 15) is 13.5 Å². The molecule has 1 aromatic carbocycles. The van der Waals surface area contributed by atoms with Crippen LogP contribution in [0.15, 0.2) is 29.2 Å². The van der Waals surface area contributed by atoms with Crippen LogP contribution in [0.2, 0.25) is 0 Å². The minimum Gasteiger partial charge on any atom is -0.394 e. The van der Waals surface area contributed by atoms with Crippen molar-refractivity contribution < 1.29 is 18.6 Å². The molecule has 0 aromatic heterocycles. The molecule has 1 aromatic rings. The second kappa shape index (κ2) is 7.22. The fraction of sp³-hybridized carbons (Fsp3) is 0.571. The van der Waals surface area contributed by atoms with Gasteiger partial charge in [-0.2, -0.15) is 0 Å². The van der Waals surface area contributed by atoms with Crippen molar-refractivity contribution in [2.24, 2.45) is 0 Å². The van der Waals surface area contributed by atoms with E-state index >= 15 is 0 Å². The Morgan fingerprint density at radius 1 is 1.29 bits per heavy atom. The Morgan fingerprint density at radius 3 is 2.67 bits per heavy atom. The van der Waals surface area contributed by atoms with E-state index in [0.29, 0.717) is 5.69 Å². The molecule has 4 N–H and O–H groups in total. The average molecular weight is 314 g/mol. The number of benzene rings is 1. The normalized spacial score (nSPS) is 17.8. The van der Waals surface area contributed by atoms with Gasteiger partial charge in [-0.25, -0.2) is 13.1 Å². The van der Waals surface area contributed by atoms with E-state index in [2.05, 4.69) is 10.0 Å². The van der Waals surface area contributed by atoms with Gasteiger partial charge in [0.05, 0.1) is 17.6 Å². The Labute approximate surface area is 125 Å². The van der Waals surface area contributed by atoms with Crippen molar-refractivity contribution in [2.45, 2.75) is 42.7 Å². The number of aliphatic hydroxyl groups is 2. The molecule has 1 fully saturated rings. The predicted octanol–water partition coefficient (Wildman–Crippen LogP) is 0.673. The molecular formula is C14H22N2O4S. The number of aliphatic hydroxyl groups excluding tert-OH is 2. The number of hydrogen-bond acceptors (Lipinski definition) is 5. The van der Waals surface area contributed by atoms with Gasteiger partial charge in [-0.05, 0) is 31.0 Å². The second-order valence-corrected chi connectivity index (χ2v) is 7.06. The lowest BCUT2D eigenvalue weighted by Crippen LogP contribution is -2.32. The van der Waals surface area contributed by atoms with Crippen LogP contribution in [0.1, 0.15) is 25.7 Å². The van der Waals surface area contributed by atoms with Crippen molar-refractivity contribution in [3.8, 4) is 0 Å². The van der Waals surface area contributed by atoms with E-state index in [4.69, 9.17) is 5.11 Å². The molecule has 0 bridgehead atoms. The van der Waals surface area contributed by atoms with Crippen molar-refractivity contribution >= 4 is 15.7 Å². The number of rotatable bonds is 7. The Hall–Kier alpha value is -1.15. The molecule has 0 saturated heterocycles. The lowest BCUT2D eigenvalue weighted by molar-refractivity contribution is 0.105. The number of hydrogen-bond donors (Lipinski definition) is 4. The zero-order valence-electron chi connectivity index (χ0n) is 11.8. The van der Waals surface area contributed by atoms with E-state index in [1.807, 2.05) is 0 Å². The fourth-order valence-corrected chi connectivity index (χ4v) is 3.76. The zero-order valence-corrected chi connectivity index (χ0v) is 12.6. The molecule has 0 amide bonds. The van der Waals surface area contributed by atoms with Crippen LogP contribution in [0, 0.1) is 0 Å². The smallest absolute Gasteiger partial charge is 0.240 e. The van der Waals surface area contributed by atoms with Gasteiger partial charge < -0.3 is 15.5 Å². The lowest BCUT2D eigenvalue weighted by Gasteiger charge is -2.14. The number of anilines is 1. The molecule has 1 atom stereocenters. The van der Waals surface area contributed by atoms with Gasteiger partial charge in [-0.1, -0.05) is 18.9 Å². The highest BCUT2D eigenvalue weighted by molar-refractivity contribution is 7.89. The summed E-state index contributed by atoms with van der Waals surface area (Å²) in [5.41, 5.74) is 0.594. The standard InChI is InChI=1S/C14H22N2O4S/c17-10-13(18)9-15-12-6-3-7-14(8-12)21(19,20)16-11-4-1-2-5-11/h3,6-8,11,13,15-18H,1-2,4-5,9-10H2. The maximum Gasteiger partial charge on any atom is 0.240 e. The van der Waals surface area contributed by atoms with Crippen LogP contribution < -0.4 is 10.0 Å². The summed E-state index contributed by atoms with van der Waals surface area (Å²) >= 11 is 0. The first-order chi connectivity index (χ1) is 10.0. The summed E-state index contributed by atoms with van der Waals surface area (Å²) < 4.78 is 27.3. The molecule has 118 valence electrons. The Kier molecular flexibility index (Phi) is 5.58. The number of sulfonamides is 1. The van der Waals surface area contributed by atoms with Gasteiger partial charge in [0.15, 0.2) is 0 Å². The summed E-state index contributed by atoms with van der Waals surface area (Å²) in [5, 5.41) is 21.0. The molecule has 0 heterocycles. The van der Waals surface area contributed by atoms with E-state index in [0.717, 1.165) is 25.7 Å². The summed E-state index contributed by atoms with van der Waals surface area (Å²) in [6.45, 7) is -0.176. The van der Waals surface area contributed by atoms with E-state index < -0.39 is 16.1 Å². The first-order valence-electron chi connectivity index (χ1n) is 7.16. The van der Waals surface area contributed by atoms with Gasteiger partial charge in [-0.3, -0.25) is 0 Å². The average Bonchev–Trinajstić information content (AvgIpc) is 2.97. The molecule has 0 aliphatic heterocycles. The SMILES string of the molecule is O=S(=O)(NC1CCCC1)c1cccc(NCC(O)CO)c1. The fourth-order valence-electron chi connectivity index (χ4n) is 2.40. The topological polar surface area (TPSA) is 98.7 Å². The summed E-state index contributed by atoms with van der Waals surface area (Å²) in [4.78, 5) is 0.206. The van der Waals surface area contributed by atoms with Crippen molar-refractivity contribution in [2.75, 3.05) is 18.5 Å². The van der Waals surface area contributed by atoms with Gasteiger partial charge >= 0.3 is 0 Å². The van der Waals surface area contributed by atoms with Crippen molar-refractivity contribution in [1.29, 1.82) is 0 Å². The third kappa shape index (κ3) is 4.67. The molecule has 2 rings (SSSR count). The molecule has 1 unspecified atom stereocenters. The van der Waals surface area contributed by atoms with Crippen molar-refractivity contribution in [3.63, 3.8) is 0 Å². The van der Waals surface area contributed by atoms with Crippen LogP contribution in [0.25, 0.3) is 0 Å². The third-order valence-electron chi connectivity index (χ3n) is 3.57. The molecule has 1 saturated carbocycles. The van der Waals surface area contributed by atoms with Crippen LogP contribution in [0.5, 0.6) is 0 Å². The van der Waals surface area contributed by atoms with E-state index in [1.54, 1.807) is 18.2 Å². The molecule has 0 radical (unpaired) electrons. The lowest BCUT2D eigenvalue weighted by atomic mass is 10.3. The van der Waals surface area contributed by atoms with Crippen LogP contribution >= 0.6 is 0 Å². The molecule has 0 spiro atoms. The predicted molar refractivity (Wildman–Crippen MR) is 80.6 cm³/mol. The highest BCUT2D eigenvalue weighted by Gasteiger charge is 2.22. The highest BCUT2D eigenvalue weighted by atomic mass is 32.2. The van der Waals surface area contributed by atoms with E-state index in [-0.39, 0.29) is 24.1 Å². The van der Waals surface area contributed by atoms with Gasteiger partial charge in [0, 0.05) is 18.3 Å². The van der Waals surface area contributed by atoms with Crippen molar-refractivity contribution in [1.82, 2.24) is 4.72 Å². The largest absolute Gasteiger partial charge is 0.394 e. The zero-order chi connectivity index (χ0) is 15.3. The van der Waals surface area contributed by atoms with Crippen LogP contribution in [-0.4, -0.2) is 43.9 Å². The van der Waals surface area contributed by atoms with Crippen LogP contribution in [-0.2, 0) is 10.0 Å². The quantitative estimate of drug-likeness (QED) is 0.593. The third-order valence-corrected chi connectivity index (χ3v) is 5.09. The van der Waals surface area contributed by atoms with Crippen molar-refractivity contribution in [3.05, 3.63) is 24.3 Å². The minimum absolute atomic E-state index is 0.0304.